The molecule has 0 heterocycles. The lowest BCUT2D eigenvalue weighted by Crippen LogP contribution is -2.21. The number of aryl methyl sites for hydroxylation is 2. The van der Waals surface area contributed by atoms with Gasteiger partial charge in [0.15, 0.2) is 6.61 Å². The van der Waals surface area contributed by atoms with Crippen LogP contribution in [0.15, 0.2) is 36.4 Å². The number of ether oxygens (including phenoxy) is 2. The van der Waals surface area contributed by atoms with Crippen molar-refractivity contribution in [2.45, 2.75) is 20.8 Å². The third-order valence-electron chi connectivity index (χ3n) is 3.74. The normalized spacial score (nSPS) is 10.1. The van der Waals surface area contributed by atoms with Gasteiger partial charge in [0, 0.05) is 12.6 Å². The molecule has 0 radical (unpaired) electrons. The van der Waals surface area contributed by atoms with Crippen LogP contribution < -0.4 is 15.4 Å². The number of nitrogens with one attached hydrogen (secondary N) is 2. The molecular weight excluding hydrogens is 348 g/mol. The zero-order valence-electron chi connectivity index (χ0n) is 15.7. The Hall–Kier alpha value is -3.35. The summed E-state index contributed by atoms with van der Waals surface area (Å²) in [6, 6.07) is 10.3. The van der Waals surface area contributed by atoms with E-state index in [1.165, 1.54) is 14.0 Å². The molecule has 0 aliphatic carbocycles. The summed E-state index contributed by atoms with van der Waals surface area (Å²) in [5.74, 6) is -0.907. The molecule has 0 aliphatic heterocycles. The molecule has 7 heteroatoms. The van der Waals surface area contributed by atoms with E-state index in [0.29, 0.717) is 22.7 Å². The van der Waals surface area contributed by atoms with E-state index in [2.05, 4.69) is 10.6 Å². The quantitative estimate of drug-likeness (QED) is 0.762. The van der Waals surface area contributed by atoms with Gasteiger partial charge in [0.25, 0.3) is 5.91 Å². The van der Waals surface area contributed by atoms with Crippen LogP contribution in [-0.2, 0) is 14.3 Å². The number of amides is 2. The maximum Gasteiger partial charge on any atom is 0.338 e. The van der Waals surface area contributed by atoms with Crippen LogP contribution in [0.5, 0.6) is 5.75 Å². The van der Waals surface area contributed by atoms with Crippen LogP contribution in [-0.4, -0.2) is 31.5 Å². The Morgan fingerprint density at radius 1 is 1.00 bits per heavy atom. The molecule has 0 atom stereocenters. The second-order valence-corrected chi connectivity index (χ2v) is 6.04. The number of methoxy groups -OCH3 is 1. The summed E-state index contributed by atoms with van der Waals surface area (Å²) in [6.07, 6.45) is 0. The fourth-order valence-electron chi connectivity index (χ4n) is 2.44. The van der Waals surface area contributed by atoms with E-state index in [-0.39, 0.29) is 5.91 Å². The third-order valence-corrected chi connectivity index (χ3v) is 3.74. The first kappa shape index (κ1) is 20.0. The Labute approximate surface area is 157 Å². The number of anilines is 2. The predicted octanol–water partition coefficient (Wildman–Crippen LogP) is 3.07. The van der Waals surface area contributed by atoms with E-state index >= 15 is 0 Å². The summed E-state index contributed by atoms with van der Waals surface area (Å²) < 4.78 is 10.3. The van der Waals surface area contributed by atoms with Crippen molar-refractivity contribution >= 4 is 29.2 Å². The van der Waals surface area contributed by atoms with Gasteiger partial charge in [-0.05, 0) is 43.7 Å². The number of carbonyl (C=O) groups excluding carboxylic acids is 3. The molecule has 2 N–H and O–H groups in total. The lowest BCUT2D eigenvalue weighted by molar-refractivity contribution is -0.119. The lowest BCUT2D eigenvalue weighted by Gasteiger charge is -2.13. The fourth-order valence-corrected chi connectivity index (χ4v) is 2.44. The summed E-state index contributed by atoms with van der Waals surface area (Å²) in [6.45, 7) is 4.61. The standard InChI is InChI=1S/C20H22N2O5/c1-12-5-6-13(2)16(9-12)20(25)27-11-19(24)22-17-10-15(21-14(3)23)7-8-18(17)26-4/h5-10H,11H2,1-4H3,(H,21,23)(H,22,24). The molecule has 142 valence electrons. The molecule has 2 amide bonds. The smallest absolute Gasteiger partial charge is 0.338 e. The highest BCUT2D eigenvalue weighted by Gasteiger charge is 2.14. The van der Waals surface area contributed by atoms with E-state index < -0.39 is 18.5 Å². The molecule has 2 aromatic carbocycles. The number of rotatable bonds is 6. The minimum Gasteiger partial charge on any atom is -0.495 e. The van der Waals surface area contributed by atoms with E-state index in [9.17, 15) is 14.4 Å². The molecule has 0 aromatic heterocycles. The van der Waals surface area contributed by atoms with Gasteiger partial charge in [-0.15, -0.1) is 0 Å². The molecule has 2 rings (SSSR count). The average Bonchev–Trinajstić information content (AvgIpc) is 2.61. The highest BCUT2D eigenvalue weighted by Crippen LogP contribution is 2.27. The Kier molecular flexibility index (Phi) is 6.54. The van der Waals surface area contributed by atoms with Crippen LogP contribution in [0.4, 0.5) is 11.4 Å². The number of carbonyl (C=O) groups is 3. The summed E-state index contributed by atoms with van der Waals surface area (Å²) >= 11 is 0. The first-order chi connectivity index (χ1) is 12.8. The molecule has 0 bridgehead atoms. The van der Waals surface area contributed by atoms with Gasteiger partial charge in [-0.3, -0.25) is 9.59 Å². The van der Waals surface area contributed by atoms with Gasteiger partial charge in [-0.1, -0.05) is 17.7 Å². The van der Waals surface area contributed by atoms with Crippen molar-refractivity contribution < 1.29 is 23.9 Å². The largest absolute Gasteiger partial charge is 0.495 e. The highest BCUT2D eigenvalue weighted by molar-refractivity contribution is 5.98. The van der Waals surface area contributed by atoms with Crippen molar-refractivity contribution in [3.05, 3.63) is 53.1 Å². The van der Waals surface area contributed by atoms with Crippen LogP contribution in [0.1, 0.15) is 28.4 Å². The van der Waals surface area contributed by atoms with Crippen molar-refractivity contribution in [1.29, 1.82) is 0 Å². The molecule has 0 spiro atoms. The molecule has 27 heavy (non-hydrogen) atoms. The van der Waals surface area contributed by atoms with Crippen LogP contribution in [0, 0.1) is 13.8 Å². The van der Waals surface area contributed by atoms with Gasteiger partial charge in [0.05, 0.1) is 18.4 Å². The molecule has 0 fully saturated rings. The maximum absolute atomic E-state index is 12.2. The molecule has 7 nitrogen and oxygen atoms in total. The monoisotopic (exact) mass is 370 g/mol. The zero-order chi connectivity index (χ0) is 20.0. The van der Waals surface area contributed by atoms with Gasteiger partial charge < -0.3 is 20.1 Å². The van der Waals surface area contributed by atoms with Gasteiger partial charge in [0.1, 0.15) is 5.75 Å². The number of hydrogen-bond acceptors (Lipinski definition) is 5. The van der Waals surface area contributed by atoms with E-state index in [1.54, 1.807) is 31.2 Å². The van der Waals surface area contributed by atoms with E-state index in [1.807, 2.05) is 19.1 Å². The molecule has 2 aromatic rings. The summed E-state index contributed by atoms with van der Waals surface area (Å²) in [4.78, 5) is 35.5. The first-order valence-corrected chi connectivity index (χ1v) is 8.30. The first-order valence-electron chi connectivity index (χ1n) is 8.30. The Morgan fingerprint density at radius 2 is 1.74 bits per heavy atom. The van der Waals surface area contributed by atoms with Crippen LogP contribution in [0.25, 0.3) is 0 Å². The predicted molar refractivity (Wildman–Crippen MR) is 102 cm³/mol. The average molecular weight is 370 g/mol. The maximum atomic E-state index is 12.2. The minimum atomic E-state index is -0.565. The lowest BCUT2D eigenvalue weighted by atomic mass is 10.1. The molecule has 0 aliphatic rings. The van der Waals surface area contributed by atoms with Crippen LogP contribution >= 0.6 is 0 Å². The van der Waals surface area contributed by atoms with Crippen molar-refractivity contribution in [2.75, 3.05) is 24.4 Å². The van der Waals surface area contributed by atoms with Crippen molar-refractivity contribution in [1.82, 2.24) is 0 Å². The molecular formula is C20H22N2O5. The topological polar surface area (TPSA) is 93.7 Å². The van der Waals surface area contributed by atoms with Gasteiger partial charge >= 0.3 is 5.97 Å². The van der Waals surface area contributed by atoms with Crippen molar-refractivity contribution in [3.63, 3.8) is 0 Å². The van der Waals surface area contributed by atoms with Gasteiger partial charge in [-0.2, -0.15) is 0 Å². The number of benzene rings is 2. The van der Waals surface area contributed by atoms with E-state index in [4.69, 9.17) is 9.47 Å². The fraction of sp³-hybridized carbons (Fsp3) is 0.250. The van der Waals surface area contributed by atoms with Crippen LogP contribution in [0.3, 0.4) is 0 Å². The summed E-state index contributed by atoms with van der Waals surface area (Å²) in [5.41, 5.74) is 2.99. The van der Waals surface area contributed by atoms with Gasteiger partial charge in [-0.25, -0.2) is 4.79 Å². The van der Waals surface area contributed by atoms with Gasteiger partial charge in [0.2, 0.25) is 5.91 Å². The van der Waals surface area contributed by atoms with Crippen molar-refractivity contribution in [2.24, 2.45) is 0 Å². The second kappa shape index (κ2) is 8.84. The third kappa shape index (κ3) is 5.57. The van der Waals surface area contributed by atoms with E-state index in [0.717, 1.165) is 11.1 Å². The van der Waals surface area contributed by atoms with Crippen LogP contribution in [0.2, 0.25) is 0 Å². The minimum absolute atomic E-state index is 0.236. The molecule has 0 saturated carbocycles. The summed E-state index contributed by atoms with van der Waals surface area (Å²) in [5, 5.41) is 5.24. The van der Waals surface area contributed by atoms with Crippen molar-refractivity contribution in [3.8, 4) is 5.75 Å². The Bertz CT molecular complexity index is 877. The summed E-state index contributed by atoms with van der Waals surface area (Å²) in [7, 11) is 1.46. The zero-order valence-corrected chi connectivity index (χ0v) is 15.7. The Morgan fingerprint density at radius 3 is 2.41 bits per heavy atom. The number of esters is 1. The SMILES string of the molecule is COc1ccc(NC(C)=O)cc1NC(=O)COC(=O)c1cc(C)ccc1C. The number of hydrogen-bond donors (Lipinski definition) is 2. The Balaban J connectivity index is 2.03. The molecule has 0 saturated heterocycles. The molecule has 0 unspecified atom stereocenters. The highest BCUT2D eigenvalue weighted by atomic mass is 16.5. The second-order valence-electron chi connectivity index (χ2n) is 6.04.